The van der Waals surface area contributed by atoms with E-state index in [4.69, 9.17) is 10.5 Å². The zero-order valence-electron chi connectivity index (χ0n) is 17.6. The van der Waals surface area contributed by atoms with E-state index in [9.17, 15) is 4.79 Å². The van der Waals surface area contributed by atoms with Gasteiger partial charge in [0.15, 0.2) is 0 Å². The number of para-hydroxylation sites is 1. The fraction of sp³-hybridized carbons (Fsp3) is 0.375. The number of allylic oxidation sites excluding steroid dienone is 1. The van der Waals surface area contributed by atoms with Crippen LogP contribution in [0.15, 0.2) is 65.9 Å². The number of amides is 1. The molecule has 0 aliphatic rings. The Morgan fingerprint density at radius 3 is 2.18 bits per heavy atom. The van der Waals surface area contributed by atoms with Crippen molar-refractivity contribution in [1.82, 2.24) is 5.32 Å². The number of nitrogens with two attached hydrogens (primary N) is 1. The highest BCUT2D eigenvalue weighted by Gasteiger charge is 2.07. The molecular weight excluding hydrogens is 348 g/mol. The minimum atomic E-state index is -0.0631. The summed E-state index contributed by atoms with van der Waals surface area (Å²) < 4.78 is 5.35. The molecule has 0 saturated carbocycles. The van der Waals surface area contributed by atoms with Crippen LogP contribution in [0.25, 0.3) is 0 Å². The highest BCUT2D eigenvalue weighted by molar-refractivity contribution is 5.93. The number of aryl methyl sites for hydroxylation is 2. The third-order valence-electron chi connectivity index (χ3n) is 4.57. The van der Waals surface area contributed by atoms with Crippen LogP contribution in [0.4, 0.5) is 0 Å². The van der Waals surface area contributed by atoms with Crippen molar-refractivity contribution in [1.29, 1.82) is 0 Å². The van der Waals surface area contributed by atoms with Gasteiger partial charge in [-0.1, -0.05) is 62.4 Å². The van der Waals surface area contributed by atoms with E-state index < -0.39 is 0 Å². The number of nitrogens with one attached hydrogen (secondary N) is 1. The number of carbonyl (C=O) groups excluding carboxylic acids is 1. The van der Waals surface area contributed by atoms with E-state index in [1.807, 2.05) is 26.0 Å². The van der Waals surface area contributed by atoms with E-state index in [0.29, 0.717) is 17.7 Å². The van der Waals surface area contributed by atoms with Gasteiger partial charge in [0.2, 0.25) is 5.91 Å². The first-order chi connectivity index (χ1) is 13.6. The Kier molecular flexibility index (Phi) is 11.2. The molecule has 0 fully saturated rings. The van der Waals surface area contributed by atoms with Crippen LogP contribution < -0.4 is 15.8 Å². The van der Waals surface area contributed by atoms with E-state index in [-0.39, 0.29) is 5.91 Å². The minimum Gasteiger partial charge on any atom is -0.496 e. The Hall–Kier alpha value is -2.75. The van der Waals surface area contributed by atoms with Gasteiger partial charge in [-0.25, -0.2) is 0 Å². The van der Waals surface area contributed by atoms with Crippen LogP contribution in [-0.2, 0) is 17.6 Å². The maximum Gasteiger partial charge on any atom is 0.248 e. The molecule has 4 nitrogen and oxygen atoms in total. The molecule has 2 rings (SSSR count). The number of hydrogen-bond acceptors (Lipinski definition) is 3. The number of rotatable bonds is 8. The minimum absolute atomic E-state index is 0.0631. The van der Waals surface area contributed by atoms with Crippen molar-refractivity contribution in [3.8, 4) is 5.75 Å². The molecule has 28 heavy (non-hydrogen) atoms. The molecule has 2 aromatic carbocycles. The summed E-state index contributed by atoms with van der Waals surface area (Å²) in [4.78, 5) is 11.1. The standard InChI is InChI=1S/C16H18O.C8H16N2O/c1-17-16-13-6-5-11-15(16)12-7-10-14-8-3-2-4-9-14;1-4-6(7(9)5-2)8(11)10-3/h2-6,8-9,11,13H,7,10,12H2,1H3;4-5,9H2,1-3H3,(H,10,11)/b;7-6-. The molecule has 152 valence electrons. The van der Waals surface area contributed by atoms with Crippen molar-refractivity contribution in [3.05, 3.63) is 77.0 Å². The normalized spacial score (nSPS) is 11.0. The summed E-state index contributed by atoms with van der Waals surface area (Å²) in [5, 5.41) is 2.55. The largest absolute Gasteiger partial charge is 0.496 e. The van der Waals surface area contributed by atoms with Crippen molar-refractivity contribution >= 4 is 5.91 Å². The number of methoxy groups -OCH3 is 1. The highest BCUT2D eigenvalue weighted by atomic mass is 16.5. The summed E-state index contributed by atoms with van der Waals surface area (Å²) in [6, 6.07) is 18.9. The van der Waals surface area contributed by atoms with Crippen LogP contribution in [0, 0.1) is 0 Å². The molecule has 4 heteroatoms. The topological polar surface area (TPSA) is 64.4 Å². The van der Waals surface area contributed by atoms with Gasteiger partial charge in [-0.3, -0.25) is 4.79 Å². The summed E-state index contributed by atoms with van der Waals surface area (Å²) in [5.74, 6) is 0.937. The number of likely N-dealkylation sites (N-methyl/N-ethyl adjacent to an activating group) is 1. The summed E-state index contributed by atoms with van der Waals surface area (Å²) in [7, 11) is 3.34. The van der Waals surface area contributed by atoms with E-state index in [2.05, 4.69) is 47.8 Å². The molecule has 0 heterocycles. The molecule has 0 aromatic heterocycles. The lowest BCUT2D eigenvalue weighted by Crippen LogP contribution is -2.22. The monoisotopic (exact) mass is 382 g/mol. The van der Waals surface area contributed by atoms with Gasteiger partial charge < -0.3 is 15.8 Å². The van der Waals surface area contributed by atoms with E-state index in [1.165, 1.54) is 11.1 Å². The van der Waals surface area contributed by atoms with Crippen molar-refractivity contribution in [2.45, 2.75) is 46.0 Å². The third kappa shape index (κ3) is 7.87. The Morgan fingerprint density at radius 1 is 0.964 bits per heavy atom. The summed E-state index contributed by atoms with van der Waals surface area (Å²) >= 11 is 0. The number of carbonyl (C=O) groups is 1. The van der Waals surface area contributed by atoms with Crippen LogP contribution in [-0.4, -0.2) is 20.1 Å². The average molecular weight is 383 g/mol. The van der Waals surface area contributed by atoms with Crippen LogP contribution in [0.3, 0.4) is 0 Å². The lowest BCUT2D eigenvalue weighted by Gasteiger charge is -2.07. The molecular formula is C24H34N2O2. The predicted molar refractivity (Wildman–Crippen MR) is 117 cm³/mol. The van der Waals surface area contributed by atoms with Gasteiger partial charge in [0.1, 0.15) is 5.75 Å². The molecule has 2 aromatic rings. The average Bonchev–Trinajstić information content (AvgIpc) is 2.75. The fourth-order valence-electron chi connectivity index (χ4n) is 2.93. The molecule has 0 aliphatic heterocycles. The second-order valence-corrected chi connectivity index (χ2v) is 6.44. The first-order valence-electron chi connectivity index (χ1n) is 9.92. The lowest BCUT2D eigenvalue weighted by molar-refractivity contribution is -0.117. The van der Waals surface area contributed by atoms with Gasteiger partial charge in [0.05, 0.1) is 7.11 Å². The molecule has 0 bridgehead atoms. The number of hydrogen-bond donors (Lipinski definition) is 2. The van der Waals surface area contributed by atoms with E-state index >= 15 is 0 Å². The molecule has 0 aliphatic carbocycles. The molecule has 0 saturated heterocycles. The second-order valence-electron chi connectivity index (χ2n) is 6.44. The van der Waals surface area contributed by atoms with Crippen LogP contribution in [0.2, 0.25) is 0 Å². The Labute approximate surface area is 169 Å². The lowest BCUT2D eigenvalue weighted by atomic mass is 10.0. The second kappa shape index (κ2) is 13.4. The smallest absolute Gasteiger partial charge is 0.248 e. The number of ether oxygens (including phenoxy) is 1. The Morgan fingerprint density at radius 2 is 1.61 bits per heavy atom. The third-order valence-corrected chi connectivity index (χ3v) is 4.57. The first kappa shape index (κ1) is 23.3. The zero-order valence-corrected chi connectivity index (χ0v) is 17.6. The quantitative estimate of drug-likeness (QED) is 0.654. The Bertz CT molecular complexity index is 739. The van der Waals surface area contributed by atoms with Crippen molar-refractivity contribution in [2.75, 3.05) is 14.2 Å². The summed E-state index contributed by atoms with van der Waals surface area (Å²) in [5.41, 5.74) is 9.72. The van der Waals surface area contributed by atoms with Crippen LogP contribution >= 0.6 is 0 Å². The van der Waals surface area contributed by atoms with Gasteiger partial charge in [-0.15, -0.1) is 0 Å². The Balaban J connectivity index is 0.000000311. The van der Waals surface area contributed by atoms with Crippen molar-refractivity contribution < 1.29 is 9.53 Å². The van der Waals surface area contributed by atoms with Crippen LogP contribution in [0.1, 0.15) is 44.2 Å². The van der Waals surface area contributed by atoms with Gasteiger partial charge >= 0.3 is 0 Å². The molecule has 0 atom stereocenters. The van der Waals surface area contributed by atoms with Gasteiger partial charge in [-0.2, -0.15) is 0 Å². The molecule has 0 spiro atoms. The SMILES string of the molecule is CC/C(N)=C(\CC)C(=O)NC.COc1ccccc1CCCc1ccccc1. The van der Waals surface area contributed by atoms with Crippen molar-refractivity contribution in [2.24, 2.45) is 5.73 Å². The first-order valence-corrected chi connectivity index (χ1v) is 9.92. The van der Waals surface area contributed by atoms with E-state index in [1.54, 1.807) is 14.2 Å². The molecule has 3 N–H and O–H groups in total. The highest BCUT2D eigenvalue weighted by Crippen LogP contribution is 2.19. The van der Waals surface area contributed by atoms with Crippen LogP contribution in [0.5, 0.6) is 5.75 Å². The summed E-state index contributed by atoms with van der Waals surface area (Å²) in [6.45, 7) is 3.86. The van der Waals surface area contributed by atoms with Gasteiger partial charge in [0.25, 0.3) is 0 Å². The number of benzene rings is 2. The zero-order chi connectivity index (χ0) is 20.8. The summed E-state index contributed by atoms with van der Waals surface area (Å²) in [6.07, 6.45) is 4.78. The van der Waals surface area contributed by atoms with E-state index in [0.717, 1.165) is 31.4 Å². The molecule has 1 amide bonds. The fourth-order valence-corrected chi connectivity index (χ4v) is 2.93. The van der Waals surface area contributed by atoms with Gasteiger partial charge in [0, 0.05) is 18.3 Å². The van der Waals surface area contributed by atoms with Gasteiger partial charge in [-0.05, 0) is 49.3 Å². The van der Waals surface area contributed by atoms with Crippen molar-refractivity contribution in [3.63, 3.8) is 0 Å². The maximum absolute atomic E-state index is 11.1. The predicted octanol–water partition coefficient (Wildman–Crippen LogP) is 4.64. The molecule has 0 unspecified atom stereocenters. The maximum atomic E-state index is 11.1. The molecule has 0 radical (unpaired) electrons.